The zero-order chi connectivity index (χ0) is 24.6. The summed E-state index contributed by atoms with van der Waals surface area (Å²) < 4.78 is 1.60. The van der Waals surface area contributed by atoms with Gasteiger partial charge in [-0.2, -0.15) is 0 Å². The number of rotatable bonds is 10. The summed E-state index contributed by atoms with van der Waals surface area (Å²) in [6, 6.07) is 19.4. The van der Waals surface area contributed by atoms with E-state index in [-0.39, 0.29) is 5.56 Å². The van der Waals surface area contributed by atoms with E-state index >= 15 is 0 Å². The van der Waals surface area contributed by atoms with E-state index in [0.717, 1.165) is 28.7 Å². The molecule has 9 heteroatoms. The number of nitrogens with zero attached hydrogens (tertiary/aromatic N) is 3. The van der Waals surface area contributed by atoms with Crippen molar-refractivity contribution in [3.63, 3.8) is 0 Å². The predicted octanol–water partition coefficient (Wildman–Crippen LogP) is 4.17. The number of anilines is 1. The number of pyridine rings is 1. The van der Waals surface area contributed by atoms with Gasteiger partial charge in [-0.25, -0.2) is 9.97 Å². The minimum absolute atomic E-state index is 0.00286. The van der Waals surface area contributed by atoms with E-state index in [4.69, 9.17) is 4.84 Å². The molecule has 2 aromatic heterocycles. The molecule has 0 saturated heterocycles. The van der Waals surface area contributed by atoms with Crippen LogP contribution in [0, 0.1) is 3.57 Å². The number of benzene rings is 2. The van der Waals surface area contributed by atoms with E-state index in [9.17, 15) is 9.59 Å². The first-order chi connectivity index (χ1) is 17.1. The van der Waals surface area contributed by atoms with Crippen molar-refractivity contribution in [1.29, 1.82) is 0 Å². The molecular formula is C26H26IN5O3. The van der Waals surface area contributed by atoms with Gasteiger partial charge in [-0.15, -0.1) is 4.73 Å². The molecule has 0 fully saturated rings. The number of fused-ring (bicyclic) bond motifs is 1. The Labute approximate surface area is 216 Å². The Morgan fingerprint density at radius 1 is 1.00 bits per heavy atom. The third kappa shape index (κ3) is 5.79. The molecule has 0 aliphatic rings. The molecule has 1 amide bonds. The smallest absolute Gasteiger partial charge is 0.299 e. The van der Waals surface area contributed by atoms with Crippen LogP contribution in [0.4, 0.5) is 5.82 Å². The summed E-state index contributed by atoms with van der Waals surface area (Å²) in [6.45, 7) is 3.19. The second-order valence-corrected chi connectivity index (χ2v) is 8.98. The van der Waals surface area contributed by atoms with Crippen LogP contribution in [0.3, 0.4) is 0 Å². The highest BCUT2D eigenvalue weighted by Gasteiger charge is 2.25. The molecule has 2 N–H and O–H groups in total. The van der Waals surface area contributed by atoms with Gasteiger partial charge in [-0.05, 0) is 40.1 Å². The van der Waals surface area contributed by atoms with Gasteiger partial charge >= 0.3 is 0 Å². The minimum atomic E-state index is -0.545. The monoisotopic (exact) mass is 583 g/mol. The number of hydrogen-bond acceptors (Lipinski definition) is 6. The zero-order valence-electron chi connectivity index (χ0n) is 19.3. The first-order valence-corrected chi connectivity index (χ1v) is 12.5. The Kier molecular flexibility index (Phi) is 8.30. The number of halogens is 1. The van der Waals surface area contributed by atoms with Gasteiger partial charge in [-0.1, -0.05) is 74.0 Å². The Hall–Kier alpha value is -3.47. The third-order valence-corrected chi connectivity index (χ3v) is 6.48. The highest BCUT2D eigenvalue weighted by molar-refractivity contribution is 14.1. The lowest BCUT2D eigenvalue weighted by Crippen LogP contribution is -2.37. The van der Waals surface area contributed by atoms with Crippen molar-refractivity contribution in [2.75, 3.05) is 11.9 Å². The molecule has 2 heterocycles. The zero-order valence-corrected chi connectivity index (χ0v) is 21.5. The fourth-order valence-electron chi connectivity index (χ4n) is 3.55. The van der Waals surface area contributed by atoms with E-state index in [1.165, 1.54) is 6.33 Å². The Bertz CT molecular complexity index is 1360. The van der Waals surface area contributed by atoms with Gasteiger partial charge in [0.05, 0.1) is 5.39 Å². The molecule has 0 bridgehead atoms. The predicted molar refractivity (Wildman–Crippen MR) is 144 cm³/mol. The summed E-state index contributed by atoms with van der Waals surface area (Å²) in [5, 5.41) is 6.74. The van der Waals surface area contributed by atoms with Crippen LogP contribution >= 0.6 is 22.6 Å². The summed E-state index contributed by atoms with van der Waals surface area (Å²) >= 11 is 2.03. The van der Waals surface area contributed by atoms with Crippen molar-refractivity contribution >= 4 is 45.3 Å². The first kappa shape index (κ1) is 24.6. The van der Waals surface area contributed by atoms with Crippen molar-refractivity contribution in [3.05, 3.63) is 97.6 Å². The summed E-state index contributed by atoms with van der Waals surface area (Å²) in [5.74, 6) is 0.0454. The molecule has 35 heavy (non-hydrogen) atoms. The average Bonchev–Trinajstić information content (AvgIpc) is 2.89. The topological polar surface area (TPSA) is 98.1 Å². The van der Waals surface area contributed by atoms with Gasteiger partial charge in [0.1, 0.15) is 24.3 Å². The Morgan fingerprint density at radius 2 is 1.66 bits per heavy atom. The van der Waals surface area contributed by atoms with Gasteiger partial charge in [0.25, 0.3) is 11.5 Å². The summed E-state index contributed by atoms with van der Waals surface area (Å²) in [5.41, 5.74) is 1.78. The van der Waals surface area contributed by atoms with Crippen LogP contribution in [0.1, 0.15) is 41.3 Å². The standard InChI is InChI=1S/C26H26IN5O3/c1-2-3-14-35-32-24-20(23(30-17-31-24)28-15-18-10-6-4-7-11-18)22(27)21(26(32)34)25(33)29-16-19-12-8-5-9-13-19/h4-13,17H,2-3,14-16H2,1H3,(H,29,33)(H,28,30,31). The largest absolute Gasteiger partial charge is 0.409 e. The first-order valence-electron chi connectivity index (χ1n) is 11.4. The molecular weight excluding hydrogens is 557 g/mol. The van der Waals surface area contributed by atoms with E-state index in [2.05, 4.69) is 20.6 Å². The van der Waals surface area contributed by atoms with Gasteiger partial charge in [0.15, 0.2) is 5.65 Å². The van der Waals surface area contributed by atoms with Crippen LogP contribution in [0.2, 0.25) is 0 Å². The summed E-state index contributed by atoms with van der Waals surface area (Å²) in [6.07, 6.45) is 3.06. The van der Waals surface area contributed by atoms with Crippen LogP contribution in [0.25, 0.3) is 11.0 Å². The lowest BCUT2D eigenvalue weighted by molar-refractivity contribution is 0.0920. The molecule has 180 valence electrons. The number of aromatic nitrogens is 3. The normalized spacial score (nSPS) is 10.8. The maximum Gasteiger partial charge on any atom is 0.299 e. The third-order valence-electron chi connectivity index (χ3n) is 5.40. The molecule has 4 aromatic rings. The van der Waals surface area contributed by atoms with E-state index in [1.807, 2.05) is 90.2 Å². The molecule has 0 radical (unpaired) electrons. The number of carbonyl (C=O) groups is 1. The van der Waals surface area contributed by atoms with Crippen molar-refractivity contribution in [2.24, 2.45) is 0 Å². The number of amides is 1. The lowest BCUT2D eigenvalue weighted by atomic mass is 10.1. The molecule has 0 atom stereocenters. The highest BCUT2D eigenvalue weighted by atomic mass is 127. The molecule has 0 aliphatic carbocycles. The lowest BCUT2D eigenvalue weighted by Gasteiger charge is -2.17. The fraction of sp³-hybridized carbons (Fsp3) is 0.231. The maximum atomic E-state index is 13.4. The second-order valence-electron chi connectivity index (χ2n) is 7.90. The van der Waals surface area contributed by atoms with E-state index in [1.54, 1.807) is 0 Å². The molecule has 0 saturated carbocycles. The van der Waals surface area contributed by atoms with Gasteiger partial charge < -0.3 is 15.5 Å². The number of unbranched alkanes of at least 4 members (excludes halogenated alkanes) is 1. The van der Waals surface area contributed by atoms with E-state index in [0.29, 0.717) is 40.1 Å². The van der Waals surface area contributed by atoms with Crippen LogP contribution < -0.4 is 21.0 Å². The quantitative estimate of drug-likeness (QED) is 0.215. The number of nitrogens with one attached hydrogen (secondary N) is 2. The van der Waals surface area contributed by atoms with Crippen molar-refractivity contribution in [2.45, 2.75) is 32.9 Å². The number of carbonyl (C=O) groups excluding carboxylic acids is 1. The molecule has 0 spiro atoms. The minimum Gasteiger partial charge on any atom is -0.409 e. The van der Waals surface area contributed by atoms with Gasteiger partial charge in [-0.3, -0.25) is 9.59 Å². The molecule has 4 rings (SSSR count). The maximum absolute atomic E-state index is 13.4. The molecule has 0 aliphatic heterocycles. The fourth-order valence-corrected chi connectivity index (χ4v) is 4.52. The molecule has 8 nitrogen and oxygen atoms in total. The van der Waals surface area contributed by atoms with Crippen LogP contribution in [0.5, 0.6) is 0 Å². The van der Waals surface area contributed by atoms with Crippen molar-refractivity contribution in [1.82, 2.24) is 20.0 Å². The molecule has 0 unspecified atom stereocenters. The van der Waals surface area contributed by atoms with Crippen LogP contribution in [-0.2, 0) is 13.1 Å². The van der Waals surface area contributed by atoms with E-state index < -0.39 is 11.5 Å². The van der Waals surface area contributed by atoms with Crippen LogP contribution in [0.15, 0.2) is 71.8 Å². The SMILES string of the molecule is CCCCOn1c(=O)c(C(=O)NCc2ccccc2)c(I)c2c(NCc3ccccc3)ncnc21. The van der Waals surface area contributed by atoms with Gasteiger partial charge in [0, 0.05) is 16.7 Å². The van der Waals surface area contributed by atoms with Gasteiger partial charge in [0.2, 0.25) is 0 Å². The molecule has 2 aromatic carbocycles. The Balaban J connectivity index is 1.75. The average molecular weight is 583 g/mol. The number of hydrogen-bond donors (Lipinski definition) is 2. The summed E-state index contributed by atoms with van der Waals surface area (Å²) in [7, 11) is 0. The van der Waals surface area contributed by atoms with Crippen molar-refractivity contribution in [3.8, 4) is 0 Å². The van der Waals surface area contributed by atoms with Crippen LogP contribution in [-0.4, -0.2) is 27.2 Å². The highest BCUT2D eigenvalue weighted by Crippen LogP contribution is 2.26. The van der Waals surface area contributed by atoms with Crippen molar-refractivity contribution < 1.29 is 9.63 Å². The Morgan fingerprint density at radius 3 is 2.31 bits per heavy atom. The summed E-state index contributed by atoms with van der Waals surface area (Å²) in [4.78, 5) is 41.2. The second kappa shape index (κ2) is 11.8.